The fourth-order valence-electron chi connectivity index (χ4n) is 2.53. The second-order valence-electron chi connectivity index (χ2n) is 5.46. The molecule has 3 rings (SSSR count). The smallest absolute Gasteiger partial charge is 0.255 e. The zero-order chi connectivity index (χ0) is 15.5. The Hall–Kier alpha value is -2.62. The van der Waals surface area contributed by atoms with Gasteiger partial charge in [-0.05, 0) is 37.1 Å². The van der Waals surface area contributed by atoms with Crippen molar-refractivity contribution in [2.24, 2.45) is 0 Å². The van der Waals surface area contributed by atoms with E-state index in [0.29, 0.717) is 11.3 Å². The summed E-state index contributed by atoms with van der Waals surface area (Å²) in [7, 11) is 0. The van der Waals surface area contributed by atoms with Crippen molar-refractivity contribution < 1.29 is 9.59 Å². The third-order valence-electron chi connectivity index (χ3n) is 3.70. The average molecular weight is 294 g/mol. The number of hydrogen-bond acceptors (Lipinski definition) is 2. The van der Waals surface area contributed by atoms with Crippen molar-refractivity contribution in [1.29, 1.82) is 0 Å². The molecule has 0 aromatic heterocycles. The van der Waals surface area contributed by atoms with Gasteiger partial charge in [-0.1, -0.05) is 30.3 Å². The van der Waals surface area contributed by atoms with Crippen molar-refractivity contribution in [3.63, 3.8) is 0 Å². The fourth-order valence-corrected chi connectivity index (χ4v) is 2.53. The number of carbonyl (C=O) groups is 2. The van der Waals surface area contributed by atoms with Gasteiger partial charge in [0.25, 0.3) is 5.91 Å². The van der Waals surface area contributed by atoms with Gasteiger partial charge in [-0.15, -0.1) is 0 Å². The molecule has 4 heteroatoms. The minimum atomic E-state index is -0.174. The van der Waals surface area contributed by atoms with Gasteiger partial charge in [-0.3, -0.25) is 9.59 Å². The lowest BCUT2D eigenvalue weighted by molar-refractivity contribution is -0.116. The van der Waals surface area contributed by atoms with Gasteiger partial charge in [0.05, 0.1) is 11.4 Å². The van der Waals surface area contributed by atoms with Gasteiger partial charge in [-0.2, -0.15) is 0 Å². The summed E-state index contributed by atoms with van der Waals surface area (Å²) in [6.07, 6.45) is 2.03. The first kappa shape index (κ1) is 14.3. The largest absolute Gasteiger partial charge is 0.320 e. The Kier molecular flexibility index (Phi) is 3.92. The van der Waals surface area contributed by atoms with Gasteiger partial charge in [0, 0.05) is 18.5 Å². The first-order valence-electron chi connectivity index (χ1n) is 7.42. The molecule has 0 unspecified atom stereocenters. The van der Waals surface area contributed by atoms with Crippen molar-refractivity contribution in [3.05, 3.63) is 60.2 Å². The Balaban J connectivity index is 1.88. The third-order valence-corrected chi connectivity index (χ3v) is 3.70. The van der Waals surface area contributed by atoms with E-state index in [1.807, 2.05) is 42.5 Å². The number of hydrogen-bond donors (Lipinski definition) is 1. The standard InChI is InChI=1S/C18H18N2O2/c1-13(21)20(15-11-12-15)17-10-6-5-9-16(17)19-18(22)14-7-3-2-4-8-14/h2-10,15H,11-12H2,1H3,(H,19,22). The fraction of sp³-hybridized carbons (Fsp3) is 0.222. The van der Waals surface area contributed by atoms with Crippen LogP contribution >= 0.6 is 0 Å². The minimum absolute atomic E-state index is 0.00362. The van der Waals surface area contributed by atoms with Crippen LogP contribution < -0.4 is 10.2 Å². The highest BCUT2D eigenvalue weighted by Gasteiger charge is 2.33. The SMILES string of the molecule is CC(=O)N(c1ccccc1NC(=O)c1ccccc1)C1CC1. The lowest BCUT2D eigenvalue weighted by atomic mass is 10.2. The van der Waals surface area contributed by atoms with E-state index in [9.17, 15) is 9.59 Å². The lowest BCUT2D eigenvalue weighted by Crippen LogP contribution is -2.31. The zero-order valence-electron chi connectivity index (χ0n) is 12.5. The summed E-state index contributed by atoms with van der Waals surface area (Å²) >= 11 is 0. The van der Waals surface area contributed by atoms with Crippen LogP contribution in [0.25, 0.3) is 0 Å². The van der Waals surface area contributed by atoms with E-state index in [4.69, 9.17) is 0 Å². The first-order chi connectivity index (χ1) is 10.7. The Morgan fingerprint density at radius 2 is 1.64 bits per heavy atom. The maximum atomic E-state index is 12.3. The average Bonchev–Trinajstić information content (AvgIpc) is 3.34. The van der Waals surface area contributed by atoms with Crippen LogP contribution in [0, 0.1) is 0 Å². The maximum Gasteiger partial charge on any atom is 0.255 e. The van der Waals surface area contributed by atoms with E-state index in [1.165, 1.54) is 0 Å². The zero-order valence-corrected chi connectivity index (χ0v) is 12.5. The molecule has 1 saturated carbocycles. The number of nitrogens with one attached hydrogen (secondary N) is 1. The van der Waals surface area contributed by atoms with E-state index < -0.39 is 0 Å². The highest BCUT2D eigenvalue weighted by molar-refractivity contribution is 6.07. The van der Waals surface area contributed by atoms with Crippen LogP contribution in [0.3, 0.4) is 0 Å². The number of amides is 2. The summed E-state index contributed by atoms with van der Waals surface area (Å²) in [6, 6.07) is 16.8. The number of nitrogens with zero attached hydrogens (tertiary/aromatic N) is 1. The molecule has 0 bridgehead atoms. The molecule has 0 radical (unpaired) electrons. The van der Waals surface area contributed by atoms with Crippen LogP contribution in [-0.2, 0) is 4.79 Å². The predicted molar refractivity (Wildman–Crippen MR) is 87.0 cm³/mol. The number of benzene rings is 2. The Labute approximate surface area is 129 Å². The van der Waals surface area contributed by atoms with Crippen LogP contribution in [0.2, 0.25) is 0 Å². The summed E-state index contributed by atoms with van der Waals surface area (Å²) in [6.45, 7) is 1.56. The molecule has 4 nitrogen and oxygen atoms in total. The first-order valence-corrected chi connectivity index (χ1v) is 7.42. The molecule has 0 saturated heterocycles. The Bertz CT molecular complexity index is 693. The van der Waals surface area contributed by atoms with Gasteiger partial charge in [0.1, 0.15) is 0 Å². The monoisotopic (exact) mass is 294 g/mol. The van der Waals surface area contributed by atoms with E-state index in [2.05, 4.69) is 5.32 Å². The predicted octanol–water partition coefficient (Wildman–Crippen LogP) is 3.45. The summed E-state index contributed by atoms with van der Waals surface area (Å²) in [5, 5.41) is 2.91. The van der Waals surface area contributed by atoms with Crippen molar-refractivity contribution in [1.82, 2.24) is 0 Å². The van der Waals surface area contributed by atoms with E-state index in [-0.39, 0.29) is 17.9 Å². The molecule has 2 amide bonds. The molecule has 1 aliphatic rings. The third kappa shape index (κ3) is 3.01. The number of anilines is 2. The Morgan fingerprint density at radius 3 is 2.27 bits per heavy atom. The number of para-hydroxylation sites is 2. The molecule has 1 aliphatic carbocycles. The van der Waals surface area contributed by atoms with Crippen molar-refractivity contribution in [3.8, 4) is 0 Å². The van der Waals surface area contributed by atoms with E-state index >= 15 is 0 Å². The minimum Gasteiger partial charge on any atom is -0.320 e. The van der Waals surface area contributed by atoms with Crippen LogP contribution in [0.15, 0.2) is 54.6 Å². The van der Waals surface area contributed by atoms with Crippen LogP contribution in [0.5, 0.6) is 0 Å². The maximum absolute atomic E-state index is 12.3. The molecule has 0 atom stereocenters. The lowest BCUT2D eigenvalue weighted by Gasteiger charge is -2.23. The molecule has 1 N–H and O–H groups in total. The number of rotatable bonds is 4. The summed E-state index contributed by atoms with van der Waals surface area (Å²) in [5.41, 5.74) is 2.03. The summed E-state index contributed by atoms with van der Waals surface area (Å²) in [5.74, 6) is -0.170. The van der Waals surface area contributed by atoms with Gasteiger partial charge in [-0.25, -0.2) is 0 Å². The highest BCUT2D eigenvalue weighted by atomic mass is 16.2. The number of carbonyl (C=O) groups excluding carboxylic acids is 2. The molecule has 0 heterocycles. The molecule has 1 fully saturated rings. The van der Waals surface area contributed by atoms with Gasteiger partial charge < -0.3 is 10.2 Å². The molecule has 2 aromatic carbocycles. The van der Waals surface area contributed by atoms with Crippen molar-refractivity contribution in [2.75, 3.05) is 10.2 Å². The Morgan fingerprint density at radius 1 is 1.00 bits per heavy atom. The highest BCUT2D eigenvalue weighted by Crippen LogP contribution is 2.36. The second kappa shape index (κ2) is 6.02. The molecule has 0 spiro atoms. The molecular weight excluding hydrogens is 276 g/mol. The quantitative estimate of drug-likeness (QED) is 0.939. The van der Waals surface area contributed by atoms with Crippen LogP contribution in [-0.4, -0.2) is 17.9 Å². The van der Waals surface area contributed by atoms with Gasteiger partial charge >= 0.3 is 0 Å². The molecular formula is C18H18N2O2. The van der Waals surface area contributed by atoms with Gasteiger partial charge in [0.2, 0.25) is 5.91 Å². The molecule has 0 aliphatic heterocycles. The van der Waals surface area contributed by atoms with Crippen LogP contribution in [0.1, 0.15) is 30.1 Å². The van der Waals surface area contributed by atoms with E-state index in [0.717, 1.165) is 18.5 Å². The molecule has 22 heavy (non-hydrogen) atoms. The van der Waals surface area contributed by atoms with Crippen molar-refractivity contribution in [2.45, 2.75) is 25.8 Å². The molecule has 112 valence electrons. The van der Waals surface area contributed by atoms with E-state index in [1.54, 1.807) is 24.0 Å². The summed E-state index contributed by atoms with van der Waals surface area (Å²) in [4.78, 5) is 26.1. The summed E-state index contributed by atoms with van der Waals surface area (Å²) < 4.78 is 0. The van der Waals surface area contributed by atoms with Gasteiger partial charge in [0.15, 0.2) is 0 Å². The van der Waals surface area contributed by atoms with Crippen molar-refractivity contribution >= 4 is 23.2 Å². The normalized spacial score (nSPS) is 13.5. The topological polar surface area (TPSA) is 49.4 Å². The second-order valence-corrected chi connectivity index (χ2v) is 5.46. The van der Waals surface area contributed by atoms with Crippen LogP contribution in [0.4, 0.5) is 11.4 Å². The molecule has 2 aromatic rings.